The Morgan fingerprint density at radius 3 is 2.03 bits per heavy atom. The van der Waals surface area contributed by atoms with Gasteiger partial charge >= 0.3 is 0 Å². The Kier molecular flexibility index (Phi) is 5.58. The molecule has 5 atom stereocenters. The van der Waals surface area contributed by atoms with Crippen LogP contribution in [0.15, 0.2) is 84.9 Å². The number of halogens is 2. The number of hydrogen-bond acceptors (Lipinski definition) is 0. The average molecular weight is 524 g/mol. The molecule has 3 aliphatic rings. The Morgan fingerprint density at radius 2 is 1.30 bits per heavy atom. The molecule has 4 aromatic carbocycles. The Labute approximate surface area is 230 Å². The van der Waals surface area contributed by atoms with Gasteiger partial charge in [0.25, 0.3) is 0 Å². The smallest absolute Gasteiger partial charge is 0.0406 e. The molecule has 0 nitrogen and oxygen atoms in total. The van der Waals surface area contributed by atoms with Crippen LogP contribution in [0.2, 0.25) is 10.0 Å². The van der Waals surface area contributed by atoms with E-state index in [1.165, 1.54) is 59.1 Å². The molecule has 0 saturated heterocycles. The third-order valence-corrected chi connectivity index (χ3v) is 10.2. The molecule has 5 unspecified atom stereocenters. The van der Waals surface area contributed by atoms with Gasteiger partial charge in [-0.1, -0.05) is 91.6 Å². The molecule has 0 heterocycles. The third kappa shape index (κ3) is 3.56. The molecule has 0 amide bonds. The molecule has 2 fully saturated rings. The lowest BCUT2D eigenvalue weighted by atomic mass is 9.49. The van der Waals surface area contributed by atoms with E-state index in [9.17, 15) is 0 Å². The molecule has 0 radical (unpaired) electrons. The second kappa shape index (κ2) is 8.75. The Hall–Kier alpha value is -2.54. The Bertz CT molecular complexity index is 1480. The highest BCUT2D eigenvalue weighted by Crippen LogP contribution is 2.65. The first-order valence-corrected chi connectivity index (χ1v) is 14.5. The molecule has 2 bridgehead atoms. The van der Waals surface area contributed by atoms with Crippen LogP contribution in [-0.2, 0) is 5.41 Å². The molecule has 2 saturated carbocycles. The van der Waals surface area contributed by atoms with Crippen molar-refractivity contribution in [3.63, 3.8) is 0 Å². The van der Waals surface area contributed by atoms with Gasteiger partial charge in [-0.05, 0) is 124 Å². The van der Waals surface area contributed by atoms with Gasteiger partial charge in [-0.2, -0.15) is 0 Å². The molecule has 0 N–H and O–H groups in total. The van der Waals surface area contributed by atoms with Gasteiger partial charge in [0, 0.05) is 15.5 Å². The quantitative estimate of drug-likeness (QED) is 0.245. The van der Waals surface area contributed by atoms with Crippen LogP contribution in [0.4, 0.5) is 0 Å². The summed E-state index contributed by atoms with van der Waals surface area (Å²) < 4.78 is 0. The van der Waals surface area contributed by atoms with Crippen molar-refractivity contribution in [2.45, 2.75) is 44.9 Å². The van der Waals surface area contributed by atoms with Crippen molar-refractivity contribution in [1.82, 2.24) is 0 Å². The number of rotatable bonds is 2. The first-order valence-electron chi connectivity index (χ1n) is 13.8. The van der Waals surface area contributed by atoms with E-state index < -0.39 is 0 Å². The van der Waals surface area contributed by atoms with E-state index in [1.54, 1.807) is 11.1 Å². The van der Waals surface area contributed by atoms with Crippen LogP contribution in [0.25, 0.3) is 33.4 Å². The van der Waals surface area contributed by atoms with E-state index in [2.05, 4.69) is 74.5 Å². The zero-order valence-corrected chi connectivity index (χ0v) is 23.0. The van der Waals surface area contributed by atoms with E-state index in [0.717, 1.165) is 21.9 Å². The van der Waals surface area contributed by atoms with E-state index in [0.29, 0.717) is 11.8 Å². The van der Waals surface area contributed by atoms with Gasteiger partial charge in [0.15, 0.2) is 0 Å². The molecule has 186 valence electrons. The molecule has 7 rings (SSSR count). The van der Waals surface area contributed by atoms with Crippen LogP contribution in [0, 0.1) is 23.7 Å². The van der Waals surface area contributed by atoms with Gasteiger partial charge in [-0.25, -0.2) is 0 Å². The van der Waals surface area contributed by atoms with E-state index in [4.69, 9.17) is 23.2 Å². The van der Waals surface area contributed by atoms with E-state index >= 15 is 0 Å². The van der Waals surface area contributed by atoms with Crippen LogP contribution in [0.3, 0.4) is 0 Å². The highest BCUT2D eigenvalue weighted by Gasteiger charge is 2.56. The second-order valence-electron chi connectivity index (χ2n) is 11.9. The zero-order chi connectivity index (χ0) is 25.3. The predicted molar refractivity (Wildman–Crippen MR) is 157 cm³/mol. The van der Waals surface area contributed by atoms with Crippen molar-refractivity contribution in [2.75, 3.05) is 0 Å². The molecule has 37 heavy (non-hydrogen) atoms. The normalized spacial score (nSPS) is 27.7. The zero-order valence-electron chi connectivity index (χ0n) is 21.5. The topological polar surface area (TPSA) is 0 Å². The molecule has 0 aromatic heterocycles. The van der Waals surface area contributed by atoms with Crippen molar-refractivity contribution in [3.8, 4) is 33.4 Å². The van der Waals surface area contributed by atoms with Crippen LogP contribution in [0.5, 0.6) is 0 Å². The summed E-state index contributed by atoms with van der Waals surface area (Å²) in [7, 11) is 0. The van der Waals surface area contributed by atoms with Crippen molar-refractivity contribution < 1.29 is 0 Å². The fourth-order valence-corrected chi connectivity index (χ4v) is 8.76. The van der Waals surface area contributed by atoms with Gasteiger partial charge in [0.1, 0.15) is 0 Å². The molecular formula is C35H32Cl2. The molecule has 3 aliphatic carbocycles. The minimum atomic E-state index is 0.0802. The number of benzene rings is 4. The van der Waals surface area contributed by atoms with Gasteiger partial charge < -0.3 is 0 Å². The number of fused-ring (bicyclic) bond motifs is 8. The lowest BCUT2D eigenvalue weighted by Crippen LogP contribution is -2.49. The molecule has 1 spiro atoms. The van der Waals surface area contributed by atoms with Crippen molar-refractivity contribution >= 4 is 23.2 Å². The summed E-state index contributed by atoms with van der Waals surface area (Å²) in [5, 5.41) is 1.55. The first-order chi connectivity index (χ1) is 17.9. The minimum Gasteiger partial charge on any atom is -0.0843 e. The summed E-state index contributed by atoms with van der Waals surface area (Å²) in [6.07, 6.45) is 5.41. The molecule has 2 heteroatoms. The van der Waals surface area contributed by atoms with Gasteiger partial charge in [-0.3, -0.25) is 0 Å². The standard InChI is InChI=1S/C35H32Cl2/c1-21-16-23-18-22(2)35(27(17-21)19-23)32-15-10-26(24-6-11-28(36)12-7-24)20-31(32)34-30(4-3-5-33(34)35)25-8-13-29(37)14-9-25/h3-15,20-23,27H,16-19H2,1-2H3. The fraction of sp³-hybridized carbons (Fsp3) is 0.314. The Balaban J connectivity index is 1.51. The molecular weight excluding hydrogens is 491 g/mol. The lowest BCUT2D eigenvalue weighted by Gasteiger charge is -2.54. The molecule has 0 aliphatic heterocycles. The summed E-state index contributed by atoms with van der Waals surface area (Å²) in [6.45, 7) is 5.02. The summed E-state index contributed by atoms with van der Waals surface area (Å²) in [5.74, 6) is 2.97. The van der Waals surface area contributed by atoms with Crippen molar-refractivity contribution in [3.05, 3.63) is 106 Å². The van der Waals surface area contributed by atoms with Crippen LogP contribution < -0.4 is 0 Å². The summed E-state index contributed by atoms with van der Waals surface area (Å²) in [4.78, 5) is 0. The second-order valence-corrected chi connectivity index (χ2v) is 12.8. The lowest BCUT2D eigenvalue weighted by molar-refractivity contribution is 0.0426. The predicted octanol–water partition coefficient (Wildman–Crippen LogP) is 10.7. The van der Waals surface area contributed by atoms with E-state index in [-0.39, 0.29) is 5.41 Å². The monoisotopic (exact) mass is 522 g/mol. The average Bonchev–Trinajstić information content (AvgIpc) is 3.19. The summed E-state index contributed by atoms with van der Waals surface area (Å²) in [6, 6.07) is 31.0. The summed E-state index contributed by atoms with van der Waals surface area (Å²) >= 11 is 12.5. The first kappa shape index (κ1) is 23.6. The molecule has 4 aromatic rings. The van der Waals surface area contributed by atoms with Crippen molar-refractivity contribution in [2.24, 2.45) is 23.7 Å². The van der Waals surface area contributed by atoms with Gasteiger partial charge in [0.2, 0.25) is 0 Å². The van der Waals surface area contributed by atoms with Crippen molar-refractivity contribution in [1.29, 1.82) is 0 Å². The minimum absolute atomic E-state index is 0.0802. The maximum absolute atomic E-state index is 6.30. The van der Waals surface area contributed by atoms with E-state index in [1.807, 2.05) is 24.3 Å². The van der Waals surface area contributed by atoms with Gasteiger partial charge in [0.05, 0.1) is 0 Å². The SMILES string of the molecule is CC1CC2CC(C)C3(c4ccc(-c5ccc(Cl)cc5)cc4-c4c(-c5ccc(Cl)cc5)cccc43)C(C1)C2. The highest BCUT2D eigenvalue weighted by atomic mass is 35.5. The third-order valence-electron chi connectivity index (χ3n) is 9.73. The maximum Gasteiger partial charge on any atom is 0.0406 e. The van der Waals surface area contributed by atoms with Crippen LogP contribution in [-0.4, -0.2) is 0 Å². The van der Waals surface area contributed by atoms with Crippen LogP contribution in [0.1, 0.15) is 50.7 Å². The Morgan fingerprint density at radius 1 is 0.622 bits per heavy atom. The van der Waals surface area contributed by atoms with Crippen LogP contribution >= 0.6 is 23.2 Å². The number of hydrogen-bond donors (Lipinski definition) is 0. The van der Waals surface area contributed by atoms with Gasteiger partial charge in [-0.15, -0.1) is 0 Å². The fourth-order valence-electron chi connectivity index (χ4n) is 8.51. The largest absolute Gasteiger partial charge is 0.0843 e. The highest BCUT2D eigenvalue weighted by molar-refractivity contribution is 6.31. The maximum atomic E-state index is 6.30. The summed E-state index contributed by atoms with van der Waals surface area (Å²) in [5.41, 5.74) is 11.0.